The van der Waals surface area contributed by atoms with Crippen molar-refractivity contribution in [2.45, 2.75) is 39.5 Å². The Morgan fingerprint density at radius 3 is 2.75 bits per heavy atom. The van der Waals surface area contributed by atoms with Gasteiger partial charge in [-0.25, -0.2) is 0 Å². The second-order valence-corrected chi connectivity index (χ2v) is 6.05. The van der Waals surface area contributed by atoms with Crippen molar-refractivity contribution in [3.05, 3.63) is 59.9 Å². The van der Waals surface area contributed by atoms with Crippen molar-refractivity contribution >= 4 is 0 Å². The molecule has 110 valence electrons. The monoisotopic (exact) mass is 273 g/mol. The van der Waals surface area contributed by atoms with Crippen molar-refractivity contribution in [3.8, 4) is 0 Å². The van der Waals surface area contributed by atoms with Gasteiger partial charge in [0.2, 0.25) is 0 Å². The van der Waals surface area contributed by atoms with E-state index in [2.05, 4.69) is 38.7 Å². The van der Waals surface area contributed by atoms with Crippen molar-refractivity contribution in [3.63, 3.8) is 0 Å². The molecule has 0 radical (unpaired) electrons. The molecule has 0 amide bonds. The quantitative estimate of drug-likeness (QED) is 0.526. The van der Waals surface area contributed by atoms with Crippen LogP contribution in [0.5, 0.6) is 0 Å². The van der Waals surface area contributed by atoms with Gasteiger partial charge in [-0.15, -0.1) is 0 Å². The largest absolute Gasteiger partial charge is 0.508 e. The third kappa shape index (κ3) is 5.62. The molecule has 0 heterocycles. The fraction of sp³-hybridized carbons (Fsp3) is 0.444. The second-order valence-electron chi connectivity index (χ2n) is 6.05. The SMILES string of the molecule is C=C/C(O)=C(\C=C1\C=CC=CC1)CCCC(C)(C)CN. The summed E-state index contributed by atoms with van der Waals surface area (Å²) in [5.74, 6) is 0.283. The van der Waals surface area contributed by atoms with Crippen molar-refractivity contribution in [2.75, 3.05) is 6.54 Å². The standard InChI is InChI=1S/C18H27NO/c1-4-17(20)16(11-8-12-18(2,3)14-19)13-15-9-6-5-7-10-15/h4-7,9,13,20H,1,8,10-12,14,19H2,2-3H3/b15-13-,17-16+. The molecule has 1 rings (SSSR count). The Morgan fingerprint density at radius 1 is 1.45 bits per heavy atom. The number of rotatable bonds is 7. The van der Waals surface area contributed by atoms with E-state index in [0.717, 1.165) is 31.3 Å². The Morgan fingerprint density at radius 2 is 2.20 bits per heavy atom. The van der Waals surface area contributed by atoms with Gasteiger partial charge in [0.15, 0.2) is 0 Å². The van der Waals surface area contributed by atoms with Gasteiger partial charge in [0.25, 0.3) is 0 Å². The van der Waals surface area contributed by atoms with E-state index in [0.29, 0.717) is 6.54 Å². The molecule has 0 bridgehead atoms. The first-order chi connectivity index (χ1) is 9.48. The Labute approximate surface area is 123 Å². The highest BCUT2D eigenvalue weighted by Crippen LogP contribution is 2.25. The summed E-state index contributed by atoms with van der Waals surface area (Å²) in [5, 5.41) is 9.99. The molecule has 3 N–H and O–H groups in total. The van der Waals surface area contributed by atoms with Gasteiger partial charge in [0.1, 0.15) is 5.76 Å². The number of aliphatic hydroxyl groups excluding tert-OH is 1. The van der Waals surface area contributed by atoms with Gasteiger partial charge in [0.05, 0.1) is 0 Å². The fourth-order valence-corrected chi connectivity index (χ4v) is 2.13. The molecule has 0 aromatic carbocycles. The first-order valence-electron chi connectivity index (χ1n) is 7.27. The maximum absolute atomic E-state index is 9.99. The smallest absolute Gasteiger partial charge is 0.118 e. The summed E-state index contributed by atoms with van der Waals surface area (Å²) >= 11 is 0. The molecular weight excluding hydrogens is 246 g/mol. The molecule has 0 saturated heterocycles. The number of aliphatic hydroxyl groups is 1. The highest BCUT2D eigenvalue weighted by Gasteiger charge is 2.15. The minimum absolute atomic E-state index is 0.162. The first-order valence-corrected chi connectivity index (χ1v) is 7.27. The molecule has 0 atom stereocenters. The second kappa shape index (κ2) is 7.91. The molecule has 0 aliphatic heterocycles. The van der Waals surface area contributed by atoms with Gasteiger partial charge >= 0.3 is 0 Å². The predicted octanol–water partition coefficient (Wildman–Crippen LogP) is 4.58. The average molecular weight is 273 g/mol. The zero-order chi connectivity index (χ0) is 15.0. The van der Waals surface area contributed by atoms with E-state index in [1.165, 1.54) is 11.6 Å². The number of hydrogen-bond acceptors (Lipinski definition) is 2. The molecule has 1 aliphatic rings. The van der Waals surface area contributed by atoms with Crippen LogP contribution in [0, 0.1) is 5.41 Å². The lowest BCUT2D eigenvalue weighted by molar-refractivity contribution is 0.336. The van der Waals surface area contributed by atoms with Crippen molar-refractivity contribution in [1.82, 2.24) is 0 Å². The molecule has 0 unspecified atom stereocenters. The van der Waals surface area contributed by atoms with Gasteiger partial charge in [-0.3, -0.25) is 0 Å². The predicted molar refractivity (Wildman–Crippen MR) is 87.5 cm³/mol. The maximum atomic E-state index is 9.99. The van der Waals surface area contributed by atoms with Gasteiger partial charge in [-0.2, -0.15) is 0 Å². The van der Waals surface area contributed by atoms with Crippen molar-refractivity contribution in [2.24, 2.45) is 11.1 Å². The maximum Gasteiger partial charge on any atom is 0.118 e. The van der Waals surface area contributed by atoms with E-state index in [-0.39, 0.29) is 11.2 Å². The summed E-state index contributed by atoms with van der Waals surface area (Å²) < 4.78 is 0. The Balaban J connectivity index is 2.70. The molecule has 1 aliphatic carbocycles. The number of allylic oxidation sites excluding steroid dienone is 8. The zero-order valence-corrected chi connectivity index (χ0v) is 12.7. The van der Waals surface area contributed by atoms with E-state index in [9.17, 15) is 5.11 Å². The number of nitrogens with two attached hydrogens (primary N) is 1. The van der Waals surface area contributed by atoms with Crippen LogP contribution < -0.4 is 5.73 Å². The fourth-order valence-electron chi connectivity index (χ4n) is 2.13. The summed E-state index contributed by atoms with van der Waals surface area (Å²) in [5.41, 5.74) is 8.09. The minimum Gasteiger partial charge on any atom is -0.508 e. The third-order valence-corrected chi connectivity index (χ3v) is 3.65. The highest BCUT2D eigenvalue weighted by atomic mass is 16.3. The molecular formula is C18H27NO. The third-order valence-electron chi connectivity index (χ3n) is 3.65. The van der Waals surface area contributed by atoms with E-state index >= 15 is 0 Å². The molecule has 20 heavy (non-hydrogen) atoms. The lowest BCUT2D eigenvalue weighted by Crippen LogP contribution is -2.23. The van der Waals surface area contributed by atoms with Crippen LogP contribution in [0.4, 0.5) is 0 Å². The lowest BCUT2D eigenvalue weighted by Gasteiger charge is -2.22. The van der Waals surface area contributed by atoms with Crippen molar-refractivity contribution < 1.29 is 5.11 Å². The molecule has 0 spiro atoms. The summed E-state index contributed by atoms with van der Waals surface area (Å²) in [4.78, 5) is 0. The van der Waals surface area contributed by atoms with E-state index in [1.807, 2.05) is 12.2 Å². The molecule has 0 aromatic heterocycles. The summed E-state index contributed by atoms with van der Waals surface area (Å²) in [7, 11) is 0. The first kappa shape index (κ1) is 16.5. The van der Waals surface area contributed by atoms with E-state index in [1.54, 1.807) is 0 Å². The summed E-state index contributed by atoms with van der Waals surface area (Å²) in [6, 6.07) is 0. The van der Waals surface area contributed by atoms with Crippen molar-refractivity contribution in [1.29, 1.82) is 0 Å². The van der Waals surface area contributed by atoms with Gasteiger partial charge in [0, 0.05) is 0 Å². The molecule has 0 saturated carbocycles. The van der Waals surface area contributed by atoms with Crippen LogP contribution in [-0.4, -0.2) is 11.7 Å². The van der Waals surface area contributed by atoms with Crippen LogP contribution in [0.15, 0.2) is 59.9 Å². The number of hydrogen-bond donors (Lipinski definition) is 2. The lowest BCUT2D eigenvalue weighted by atomic mass is 9.86. The van der Waals surface area contributed by atoms with Crippen LogP contribution >= 0.6 is 0 Å². The highest BCUT2D eigenvalue weighted by molar-refractivity contribution is 5.38. The Kier molecular flexibility index (Phi) is 6.53. The normalized spacial score (nSPS) is 18.2. The molecule has 0 aromatic rings. The zero-order valence-electron chi connectivity index (χ0n) is 12.7. The van der Waals surface area contributed by atoms with Crippen LogP contribution in [0.3, 0.4) is 0 Å². The topological polar surface area (TPSA) is 46.2 Å². The Bertz CT molecular complexity index is 450. The van der Waals surface area contributed by atoms with Crippen LogP contribution in [0.1, 0.15) is 39.5 Å². The Hall–Kier alpha value is -1.54. The van der Waals surface area contributed by atoms with Crippen LogP contribution in [0.25, 0.3) is 0 Å². The van der Waals surface area contributed by atoms with E-state index < -0.39 is 0 Å². The van der Waals surface area contributed by atoms with Crippen LogP contribution in [-0.2, 0) is 0 Å². The van der Waals surface area contributed by atoms with Gasteiger partial charge in [-0.1, -0.05) is 50.8 Å². The minimum atomic E-state index is 0.162. The molecule has 2 heteroatoms. The summed E-state index contributed by atoms with van der Waals surface area (Å²) in [6.07, 6.45) is 15.7. The molecule has 0 fully saturated rings. The van der Waals surface area contributed by atoms with Gasteiger partial charge < -0.3 is 10.8 Å². The molecule has 2 nitrogen and oxygen atoms in total. The average Bonchev–Trinajstić information content (AvgIpc) is 2.46. The van der Waals surface area contributed by atoms with E-state index in [4.69, 9.17) is 5.73 Å². The van der Waals surface area contributed by atoms with Crippen LogP contribution in [0.2, 0.25) is 0 Å². The van der Waals surface area contributed by atoms with Gasteiger partial charge in [-0.05, 0) is 54.9 Å². The summed E-state index contributed by atoms with van der Waals surface area (Å²) in [6.45, 7) is 8.70.